The molecule has 1 aromatic carbocycles. The normalized spacial score (nSPS) is 10.8. The van der Waals surface area contributed by atoms with Crippen LogP contribution < -0.4 is 11.5 Å². The van der Waals surface area contributed by atoms with E-state index in [0.717, 1.165) is 5.56 Å². The van der Waals surface area contributed by atoms with Crippen LogP contribution in [0.4, 0.5) is 5.82 Å². The van der Waals surface area contributed by atoms with E-state index in [-0.39, 0.29) is 0 Å². The van der Waals surface area contributed by atoms with Gasteiger partial charge in [0.1, 0.15) is 17.8 Å². The highest BCUT2D eigenvalue weighted by molar-refractivity contribution is 6.00. The van der Waals surface area contributed by atoms with E-state index in [1.165, 1.54) is 6.33 Å². The minimum absolute atomic E-state index is 0.350. The van der Waals surface area contributed by atoms with Crippen molar-refractivity contribution in [3.63, 3.8) is 0 Å². The number of fused-ring (bicyclic) bond motifs is 1. The summed E-state index contributed by atoms with van der Waals surface area (Å²) in [5.74, 6) is -0.140. The van der Waals surface area contributed by atoms with Gasteiger partial charge in [0.05, 0.1) is 5.39 Å². The van der Waals surface area contributed by atoms with Crippen LogP contribution in [0.15, 0.2) is 30.6 Å². The lowest BCUT2D eigenvalue weighted by atomic mass is 10.1. The van der Waals surface area contributed by atoms with Crippen LogP contribution in [-0.4, -0.2) is 25.7 Å². The lowest BCUT2D eigenvalue weighted by molar-refractivity contribution is 0.100. The molecule has 2 aromatic heterocycles. The van der Waals surface area contributed by atoms with Gasteiger partial charge in [-0.05, 0) is 12.1 Å². The molecule has 3 rings (SSSR count). The minimum atomic E-state index is -0.490. The fourth-order valence-corrected chi connectivity index (χ4v) is 2.13. The average Bonchev–Trinajstić information content (AvgIpc) is 2.78. The summed E-state index contributed by atoms with van der Waals surface area (Å²) in [6, 6.07) is 6.91. The van der Waals surface area contributed by atoms with Crippen molar-refractivity contribution in [1.29, 1.82) is 0 Å². The molecule has 0 unspecified atom stereocenters. The third-order valence-corrected chi connectivity index (χ3v) is 3.07. The van der Waals surface area contributed by atoms with Crippen LogP contribution >= 0.6 is 0 Å². The first-order valence-corrected chi connectivity index (χ1v) is 5.91. The second-order valence-electron chi connectivity index (χ2n) is 4.37. The summed E-state index contributed by atoms with van der Waals surface area (Å²) < 4.78 is 1.62. The van der Waals surface area contributed by atoms with E-state index >= 15 is 0 Å². The average molecular weight is 268 g/mol. The summed E-state index contributed by atoms with van der Waals surface area (Å²) in [4.78, 5) is 19.4. The molecule has 7 nitrogen and oxygen atoms in total. The molecular formula is C13H12N6O. The zero-order valence-corrected chi connectivity index (χ0v) is 10.7. The first-order valence-electron chi connectivity index (χ1n) is 5.91. The Morgan fingerprint density at radius 3 is 2.85 bits per heavy atom. The topological polar surface area (TPSA) is 113 Å². The second kappa shape index (κ2) is 4.30. The highest BCUT2D eigenvalue weighted by Crippen LogP contribution is 2.29. The van der Waals surface area contributed by atoms with Crippen molar-refractivity contribution in [3.8, 4) is 11.3 Å². The number of nitrogens with zero attached hydrogens (tertiary/aromatic N) is 4. The lowest BCUT2D eigenvalue weighted by Gasteiger charge is -2.01. The number of aryl methyl sites for hydroxylation is 1. The number of amides is 1. The van der Waals surface area contributed by atoms with Gasteiger partial charge in [-0.3, -0.25) is 4.79 Å². The van der Waals surface area contributed by atoms with Crippen LogP contribution in [-0.2, 0) is 7.05 Å². The fourth-order valence-electron chi connectivity index (χ4n) is 2.13. The molecule has 0 saturated heterocycles. The minimum Gasteiger partial charge on any atom is -0.383 e. The van der Waals surface area contributed by atoms with Crippen LogP contribution in [0.2, 0.25) is 0 Å². The van der Waals surface area contributed by atoms with Crippen molar-refractivity contribution >= 4 is 22.8 Å². The van der Waals surface area contributed by atoms with Gasteiger partial charge >= 0.3 is 0 Å². The number of benzene rings is 1. The van der Waals surface area contributed by atoms with Crippen LogP contribution in [0.3, 0.4) is 0 Å². The Morgan fingerprint density at radius 1 is 1.30 bits per heavy atom. The predicted octanol–water partition coefficient (Wildman–Crippen LogP) is 0.711. The Hall–Kier alpha value is -2.96. The third kappa shape index (κ3) is 1.76. The number of rotatable bonds is 2. The SMILES string of the molecule is Cn1nc(-c2cccc(C(N)=O)c2)c2c(N)ncnc21. The van der Waals surface area contributed by atoms with Gasteiger partial charge in [0, 0.05) is 18.2 Å². The number of carbonyl (C=O) groups is 1. The smallest absolute Gasteiger partial charge is 0.248 e. The van der Waals surface area contributed by atoms with Crippen molar-refractivity contribution in [2.24, 2.45) is 12.8 Å². The predicted molar refractivity (Wildman–Crippen MR) is 74.7 cm³/mol. The zero-order chi connectivity index (χ0) is 14.3. The third-order valence-electron chi connectivity index (χ3n) is 3.07. The number of primary amides is 1. The number of aromatic nitrogens is 4. The summed E-state index contributed by atoms with van der Waals surface area (Å²) in [7, 11) is 1.77. The van der Waals surface area contributed by atoms with Gasteiger partial charge in [-0.25, -0.2) is 14.6 Å². The number of nitrogen functional groups attached to an aromatic ring is 1. The van der Waals surface area contributed by atoms with Crippen molar-refractivity contribution in [1.82, 2.24) is 19.7 Å². The van der Waals surface area contributed by atoms with Gasteiger partial charge < -0.3 is 11.5 Å². The number of anilines is 1. The van der Waals surface area contributed by atoms with Crippen molar-refractivity contribution in [2.45, 2.75) is 0 Å². The largest absolute Gasteiger partial charge is 0.383 e. The maximum absolute atomic E-state index is 11.3. The number of nitrogens with two attached hydrogens (primary N) is 2. The van der Waals surface area contributed by atoms with E-state index in [9.17, 15) is 4.79 Å². The second-order valence-corrected chi connectivity index (χ2v) is 4.37. The van der Waals surface area contributed by atoms with Gasteiger partial charge in [-0.15, -0.1) is 0 Å². The summed E-state index contributed by atoms with van der Waals surface area (Å²) in [6.07, 6.45) is 1.39. The number of hydrogen-bond donors (Lipinski definition) is 2. The Balaban J connectivity index is 2.30. The van der Waals surface area contributed by atoms with E-state index in [2.05, 4.69) is 15.1 Å². The van der Waals surface area contributed by atoms with Crippen molar-refractivity contribution in [3.05, 3.63) is 36.2 Å². The molecule has 7 heteroatoms. The fraction of sp³-hybridized carbons (Fsp3) is 0.0769. The van der Waals surface area contributed by atoms with E-state index in [4.69, 9.17) is 11.5 Å². The molecule has 0 atom stereocenters. The van der Waals surface area contributed by atoms with Gasteiger partial charge in [-0.2, -0.15) is 5.10 Å². The molecule has 3 aromatic rings. The van der Waals surface area contributed by atoms with Crippen LogP contribution in [0, 0.1) is 0 Å². The zero-order valence-electron chi connectivity index (χ0n) is 10.7. The maximum atomic E-state index is 11.3. The number of hydrogen-bond acceptors (Lipinski definition) is 5. The summed E-state index contributed by atoms with van der Waals surface area (Å²) >= 11 is 0. The van der Waals surface area contributed by atoms with E-state index in [1.54, 1.807) is 29.9 Å². The summed E-state index contributed by atoms with van der Waals surface area (Å²) in [5.41, 5.74) is 13.6. The molecule has 0 aliphatic heterocycles. The molecule has 0 aliphatic rings. The van der Waals surface area contributed by atoms with Crippen LogP contribution in [0.5, 0.6) is 0 Å². The molecule has 1 amide bonds. The Kier molecular flexibility index (Phi) is 2.60. The molecule has 0 radical (unpaired) electrons. The van der Waals surface area contributed by atoms with E-state index < -0.39 is 5.91 Å². The number of carbonyl (C=O) groups excluding carboxylic acids is 1. The van der Waals surface area contributed by atoms with Gasteiger partial charge in [0.15, 0.2) is 5.65 Å². The molecule has 0 aliphatic carbocycles. The highest BCUT2D eigenvalue weighted by Gasteiger charge is 2.15. The lowest BCUT2D eigenvalue weighted by Crippen LogP contribution is -2.10. The van der Waals surface area contributed by atoms with Gasteiger partial charge in [-0.1, -0.05) is 12.1 Å². The first-order chi connectivity index (χ1) is 9.58. The molecule has 20 heavy (non-hydrogen) atoms. The van der Waals surface area contributed by atoms with Crippen LogP contribution in [0.25, 0.3) is 22.3 Å². The Bertz CT molecular complexity index is 823. The quantitative estimate of drug-likeness (QED) is 0.710. The van der Waals surface area contributed by atoms with Crippen LogP contribution in [0.1, 0.15) is 10.4 Å². The summed E-state index contributed by atoms with van der Waals surface area (Å²) in [5, 5.41) is 5.07. The Morgan fingerprint density at radius 2 is 2.10 bits per heavy atom. The monoisotopic (exact) mass is 268 g/mol. The first kappa shape index (κ1) is 12.1. The molecule has 4 N–H and O–H groups in total. The maximum Gasteiger partial charge on any atom is 0.248 e. The molecule has 0 fully saturated rings. The molecule has 100 valence electrons. The standard InChI is InChI=1S/C13H12N6O/c1-19-13-9(11(14)16-6-17-13)10(18-19)7-3-2-4-8(5-7)12(15)20/h2-6H,1H3,(H2,15,20)(H2,14,16,17). The van der Waals surface area contributed by atoms with Gasteiger partial charge in [0.2, 0.25) is 5.91 Å². The highest BCUT2D eigenvalue weighted by atomic mass is 16.1. The Labute approximate surface area is 114 Å². The molecule has 0 bridgehead atoms. The molecular weight excluding hydrogens is 256 g/mol. The van der Waals surface area contributed by atoms with E-state index in [1.807, 2.05) is 6.07 Å². The van der Waals surface area contributed by atoms with Crippen molar-refractivity contribution < 1.29 is 4.79 Å². The molecule has 2 heterocycles. The molecule has 0 spiro atoms. The van der Waals surface area contributed by atoms with Gasteiger partial charge in [0.25, 0.3) is 0 Å². The molecule has 0 saturated carbocycles. The summed E-state index contributed by atoms with van der Waals surface area (Å²) in [6.45, 7) is 0. The van der Waals surface area contributed by atoms with E-state index in [0.29, 0.717) is 28.1 Å². The van der Waals surface area contributed by atoms with Crippen molar-refractivity contribution in [2.75, 3.05) is 5.73 Å².